The summed E-state index contributed by atoms with van der Waals surface area (Å²) in [6.07, 6.45) is 13.1. The van der Waals surface area contributed by atoms with Gasteiger partial charge in [0.25, 0.3) is 22.7 Å². The molecule has 0 N–H and O–H groups in total. The SMILES string of the molecule is C/C=C\C=C(/CCC)c1cccc(-c2ccccc2)c1[N+]12c3ccccc3[N+]13c1cccc4c1[N+]1(c5c(ccc6c7ccccc7n(c56)-c5cc(C(C)(C)C)cc[n+]51)-c1cc5ncccc5cc1-4)C32. The van der Waals surface area contributed by atoms with Gasteiger partial charge in [0.05, 0.1) is 16.6 Å². The maximum absolute atomic E-state index is 5.02. The van der Waals surface area contributed by atoms with Crippen LogP contribution in [0.1, 0.15) is 58.6 Å². The van der Waals surface area contributed by atoms with Crippen LogP contribution in [0.15, 0.2) is 194 Å². The predicted molar refractivity (Wildman–Crippen MR) is 285 cm³/mol. The van der Waals surface area contributed by atoms with Gasteiger partial charge in [0.15, 0.2) is 6.20 Å². The van der Waals surface area contributed by atoms with E-state index < -0.39 is 0 Å². The third-order valence-electron chi connectivity index (χ3n) is 16.4. The molecular formula is C63H52N6+4. The molecule has 7 aromatic carbocycles. The van der Waals surface area contributed by atoms with Gasteiger partial charge in [0.1, 0.15) is 5.52 Å². The van der Waals surface area contributed by atoms with Crippen LogP contribution in [0.4, 0.5) is 34.1 Å². The Morgan fingerprint density at radius 2 is 1.39 bits per heavy atom. The first-order valence-electron chi connectivity index (χ1n) is 24.8. The number of allylic oxidation sites excluding steroid dienone is 4. The summed E-state index contributed by atoms with van der Waals surface area (Å²) in [4.78, 5) is 5.02. The zero-order valence-corrected chi connectivity index (χ0v) is 39.7. The first-order chi connectivity index (χ1) is 33.8. The van der Waals surface area contributed by atoms with Crippen LogP contribution in [0.3, 0.4) is 0 Å². The standard InChI is InChI=1S/C63H52N6/c1-6-8-20-40(19-7-2)44-25-16-26-45(41-21-10-9-11-22-41)59(44)69-55-30-15-14-29-54(55)68(69)56-31-17-27-48-50-37-42-23-18-35-64-52(42)39-51(50)49-33-32-47-46-24-12-13-28-53(46)66-57-38-43(63(3,4)5)34-36-65(57)67(60(48)56,62(68)69)61(49)58(47)66/h6,8-18,20-39,62H,7,19H2,1-5H3/q+4/b8-6-,40-20+. The van der Waals surface area contributed by atoms with Crippen LogP contribution >= 0.6 is 0 Å². The number of para-hydroxylation sites is 5. The molecule has 0 amide bonds. The van der Waals surface area contributed by atoms with Gasteiger partial charge in [0.2, 0.25) is 16.9 Å². The highest BCUT2D eigenvalue weighted by molar-refractivity contribution is 6.21. The molecular weight excluding hydrogens is 841 g/mol. The Morgan fingerprint density at radius 1 is 0.652 bits per heavy atom. The van der Waals surface area contributed by atoms with Crippen molar-refractivity contribution in [2.75, 3.05) is 0 Å². The van der Waals surface area contributed by atoms with Crippen LogP contribution in [0.5, 0.6) is 0 Å². The van der Waals surface area contributed by atoms with Gasteiger partial charge in [-0.15, -0.1) is 0 Å². The molecule has 1 fully saturated rings. The van der Waals surface area contributed by atoms with Crippen molar-refractivity contribution in [1.29, 1.82) is 0 Å². The Bertz CT molecular complexity index is 4000. The number of hydrogen-bond acceptors (Lipinski definition) is 1. The van der Waals surface area contributed by atoms with Crippen LogP contribution in [0.25, 0.3) is 77.5 Å². The lowest BCUT2D eigenvalue weighted by molar-refractivity contribution is -0.793. The third kappa shape index (κ3) is 4.41. The number of nitrogens with zero attached hydrogens (tertiary/aromatic N) is 6. The number of hydrogen-bond donors (Lipinski definition) is 0. The first kappa shape index (κ1) is 39.3. The van der Waals surface area contributed by atoms with Crippen molar-refractivity contribution < 1.29 is 4.68 Å². The lowest BCUT2D eigenvalue weighted by atomic mass is 9.87. The Kier molecular flexibility index (Phi) is 7.56. The molecule has 0 bridgehead atoms. The summed E-state index contributed by atoms with van der Waals surface area (Å²) >= 11 is 0. The summed E-state index contributed by atoms with van der Waals surface area (Å²) in [5.74, 6) is 1.18. The molecule has 2 spiro atoms. The van der Waals surface area contributed by atoms with Gasteiger partial charge >= 0.3 is 12.1 Å². The van der Waals surface area contributed by atoms with E-state index in [9.17, 15) is 0 Å². The molecule has 0 aliphatic carbocycles. The molecule has 5 aliphatic heterocycles. The lowest BCUT2D eigenvalue weighted by Crippen LogP contribution is -2.74. The molecule has 69 heavy (non-hydrogen) atoms. The van der Waals surface area contributed by atoms with Gasteiger partial charge in [-0.05, 0) is 118 Å². The monoisotopic (exact) mass is 892 g/mol. The largest absolute Gasteiger partial charge is 0.498 e. The van der Waals surface area contributed by atoms with Crippen molar-refractivity contribution in [3.05, 3.63) is 206 Å². The maximum Gasteiger partial charge on any atom is 0.498 e. The Morgan fingerprint density at radius 3 is 2.22 bits per heavy atom. The van der Waals surface area contributed by atoms with Crippen LogP contribution in [0, 0.1) is 0 Å². The van der Waals surface area contributed by atoms with E-state index in [0.29, 0.717) is 13.8 Å². The number of benzene rings is 7. The normalized spacial score (nSPS) is 21.9. The summed E-state index contributed by atoms with van der Waals surface area (Å²) in [5, 5.41) is 3.70. The van der Waals surface area contributed by atoms with Crippen molar-refractivity contribution in [2.45, 2.75) is 59.2 Å². The summed E-state index contributed by atoms with van der Waals surface area (Å²) in [5.41, 5.74) is 23.1. The molecule has 3 aromatic heterocycles. The van der Waals surface area contributed by atoms with Crippen LogP contribution in [0.2, 0.25) is 0 Å². The fraction of sp³-hybridized carbons (Fsp3) is 0.143. The molecule has 10 aromatic rings. The van der Waals surface area contributed by atoms with E-state index in [2.05, 4.69) is 232 Å². The fourth-order valence-electron chi connectivity index (χ4n) is 13.9. The summed E-state index contributed by atoms with van der Waals surface area (Å²) < 4.78 is 7.14. The third-order valence-corrected chi connectivity index (χ3v) is 16.4. The highest BCUT2D eigenvalue weighted by atomic mass is 16.2. The topological polar surface area (TPSA) is 21.7 Å². The van der Waals surface area contributed by atoms with E-state index in [1.807, 2.05) is 6.20 Å². The van der Waals surface area contributed by atoms with Crippen molar-refractivity contribution in [3.63, 3.8) is 0 Å². The fourth-order valence-corrected chi connectivity index (χ4v) is 13.9. The number of quaternary nitrogens is 3. The predicted octanol–water partition coefficient (Wildman–Crippen LogP) is 15.9. The van der Waals surface area contributed by atoms with Gasteiger partial charge in [-0.2, -0.15) is 4.57 Å². The van der Waals surface area contributed by atoms with Crippen molar-refractivity contribution in [3.8, 4) is 39.2 Å². The summed E-state index contributed by atoms with van der Waals surface area (Å²) in [7, 11) is 0. The van der Waals surface area contributed by atoms with Gasteiger partial charge in [-0.25, -0.2) is 0 Å². The molecule has 15 rings (SSSR count). The minimum absolute atomic E-state index is 0.0854. The van der Waals surface area contributed by atoms with Crippen LogP contribution in [-0.2, 0) is 5.41 Å². The zero-order valence-electron chi connectivity index (χ0n) is 39.7. The molecule has 6 heteroatoms. The molecule has 4 unspecified atom stereocenters. The highest BCUT2D eigenvalue weighted by Crippen LogP contribution is 2.86. The van der Waals surface area contributed by atoms with E-state index in [4.69, 9.17) is 4.98 Å². The van der Waals surface area contributed by atoms with Crippen LogP contribution < -0.4 is 18.5 Å². The maximum atomic E-state index is 5.02. The molecule has 0 radical (unpaired) electrons. The number of pyridine rings is 2. The second-order valence-corrected chi connectivity index (χ2v) is 20.8. The van der Waals surface area contributed by atoms with Crippen LogP contribution in [-0.4, -0.2) is 15.8 Å². The second kappa shape index (κ2) is 13.3. The van der Waals surface area contributed by atoms with Crippen molar-refractivity contribution in [1.82, 2.24) is 23.3 Å². The van der Waals surface area contributed by atoms with Gasteiger partial charge in [-0.3, -0.25) is 4.98 Å². The van der Waals surface area contributed by atoms with Gasteiger partial charge in [-0.1, -0.05) is 125 Å². The minimum atomic E-state index is -0.103. The Hall–Kier alpha value is -7.74. The second-order valence-electron chi connectivity index (χ2n) is 20.8. The average molecular weight is 893 g/mol. The Labute approximate surface area is 402 Å². The first-order valence-corrected chi connectivity index (χ1v) is 24.8. The summed E-state index contributed by atoms with van der Waals surface area (Å²) in [6, 6.07) is 63.0. The molecule has 4 atom stereocenters. The number of rotatable bonds is 6. The minimum Gasteiger partial charge on any atom is -0.256 e. The summed E-state index contributed by atoms with van der Waals surface area (Å²) in [6.45, 7) is 11.5. The van der Waals surface area contributed by atoms with E-state index in [1.54, 1.807) is 0 Å². The lowest BCUT2D eigenvalue weighted by Gasteiger charge is -2.35. The molecule has 1 saturated heterocycles. The zero-order chi connectivity index (χ0) is 46.2. The Balaban J connectivity index is 1.20. The van der Waals surface area contributed by atoms with Gasteiger partial charge < -0.3 is 0 Å². The van der Waals surface area contributed by atoms with E-state index in [1.165, 1.54) is 112 Å². The molecule has 8 heterocycles. The number of aromatic nitrogens is 3. The van der Waals surface area contributed by atoms with Gasteiger partial charge in [0, 0.05) is 71.5 Å². The van der Waals surface area contributed by atoms with Crippen molar-refractivity contribution in [2.24, 2.45) is 0 Å². The quantitative estimate of drug-likeness (QED) is 0.0705. The average Bonchev–Trinajstić information content (AvgIpc) is 3.68. The highest BCUT2D eigenvalue weighted by Gasteiger charge is 3.11. The van der Waals surface area contributed by atoms with E-state index in [-0.39, 0.29) is 11.7 Å². The van der Waals surface area contributed by atoms with E-state index in [0.717, 1.165) is 23.7 Å². The molecule has 330 valence electrons. The molecule has 0 saturated carbocycles. The van der Waals surface area contributed by atoms with E-state index >= 15 is 0 Å². The smallest absolute Gasteiger partial charge is 0.256 e. The molecule has 6 nitrogen and oxygen atoms in total. The van der Waals surface area contributed by atoms with Crippen molar-refractivity contribution >= 4 is 72.4 Å². The molecule has 5 aliphatic rings. The number of fused-ring (bicyclic) bond motifs is 12.